The fraction of sp³-hybridized carbons (Fsp3) is 0.357. The molecule has 1 aromatic heterocycles. The molecule has 5 nitrogen and oxygen atoms in total. The van der Waals surface area contributed by atoms with Gasteiger partial charge in [-0.05, 0) is 74.0 Å². The molecule has 3 N–H and O–H groups in total. The van der Waals surface area contributed by atoms with Crippen molar-refractivity contribution in [3.8, 4) is 11.3 Å². The summed E-state index contributed by atoms with van der Waals surface area (Å²) in [6, 6.07) is 21.5. The third kappa shape index (κ3) is 5.12. The lowest BCUT2D eigenvalue weighted by Gasteiger charge is -2.39. The van der Waals surface area contributed by atoms with E-state index in [9.17, 15) is 9.18 Å². The van der Waals surface area contributed by atoms with Crippen LogP contribution in [-0.2, 0) is 17.6 Å². The van der Waals surface area contributed by atoms with Gasteiger partial charge in [-0.1, -0.05) is 42.5 Å². The van der Waals surface area contributed by atoms with Gasteiger partial charge < -0.3 is 16.0 Å². The van der Waals surface area contributed by atoms with Gasteiger partial charge in [-0.2, -0.15) is 0 Å². The Bertz CT molecular complexity index is 1120. The molecule has 3 aromatic rings. The Hall–Kier alpha value is -3.25. The van der Waals surface area contributed by atoms with E-state index in [0.29, 0.717) is 30.4 Å². The number of benzene rings is 2. The van der Waals surface area contributed by atoms with Crippen molar-refractivity contribution in [3.05, 3.63) is 83.7 Å². The summed E-state index contributed by atoms with van der Waals surface area (Å²) in [4.78, 5) is 19.5. The Morgan fingerprint density at radius 2 is 1.65 bits per heavy atom. The molecular weight excluding hydrogens is 427 g/mol. The molecule has 0 radical (unpaired) electrons. The fourth-order valence-electron chi connectivity index (χ4n) is 5.49. The number of carbonyl (C=O) groups excluding carboxylic acids is 1. The first-order valence-electron chi connectivity index (χ1n) is 12.2. The van der Waals surface area contributed by atoms with Crippen molar-refractivity contribution in [3.63, 3.8) is 0 Å². The maximum atomic E-state index is 13.2. The van der Waals surface area contributed by atoms with Gasteiger partial charge in [0, 0.05) is 23.7 Å². The van der Waals surface area contributed by atoms with Gasteiger partial charge in [0.25, 0.3) is 0 Å². The zero-order valence-corrected chi connectivity index (χ0v) is 19.3. The molecular formula is C28H31FN4O. The van der Waals surface area contributed by atoms with Crippen LogP contribution in [0.25, 0.3) is 11.3 Å². The van der Waals surface area contributed by atoms with E-state index >= 15 is 0 Å². The zero-order chi connectivity index (χ0) is 23.5. The molecule has 2 unspecified atom stereocenters. The summed E-state index contributed by atoms with van der Waals surface area (Å²) in [6.45, 7) is 0.920. The number of nitrogens with two attached hydrogens (primary N) is 1. The van der Waals surface area contributed by atoms with Gasteiger partial charge in [0.1, 0.15) is 11.6 Å². The van der Waals surface area contributed by atoms with E-state index in [4.69, 9.17) is 5.73 Å². The van der Waals surface area contributed by atoms with Crippen LogP contribution >= 0.6 is 0 Å². The number of pyridine rings is 1. The highest BCUT2D eigenvalue weighted by Crippen LogP contribution is 2.36. The highest BCUT2D eigenvalue weighted by Gasteiger charge is 2.42. The molecule has 2 fully saturated rings. The summed E-state index contributed by atoms with van der Waals surface area (Å²) in [6.07, 6.45) is 5.49. The second-order valence-electron chi connectivity index (χ2n) is 9.51. The summed E-state index contributed by atoms with van der Waals surface area (Å²) in [5.41, 5.74) is 9.92. The number of rotatable bonds is 7. The second-order valence-corrected chi connectivity index (χ2v) is 9.51. The third-order valence-corrected chi connectivity index (χ3v) is 7.16. The zero-order valence-electron chi connectivity index (χ0n) is 19.3. The van der Waals surface area contributed by atoms with Gasteiger partial charge in [-0.3, -0.25) is 4.79 Å². The van der Waals surface area contributed by atoms with E-state index in [-0.39, 0.29) is 11.7 Å². The number of nitrogens with zero attached hydrogens (tertiary/aromatic N) is 2. The number of carbonyl (C=O) groups is 1. The number of nitrogen functional groups attached to an aromatic ring is 1. The van der Waals surface area contributed by atoms with E-state index < -0.39 is 0 Å². The lowest BCUT2D eigenvalue weighted by molar-refractivity contribution is -0.135. The minimum Gasteiger partial charge on any atom is -0.384 e. The Kier molecular flexibility index (Phi) is 6.59. The normalized spacial score (nSPS) is 21.6. The molecule has 34 heavy (non-hydrogen) atoms. The standard InChI is InChI=1S/C28H31FN4O/c29-22-10-6-20(7-11-22)16-28(34)33-24-12-13-25(33)18-23(17-24)31-15-14-19-4-8-21(9-5-19)26-2-1-3-27(30)32-26/h1-11,23-25,31H,12-18H2,(H2,30,32). The van der Waals surface area contributed by atoms with Gasteiger partial charge >= 0.3 is 0 Å². The minimum absolute atomic E-state index is 0.173. The number of fused-ring (bicyclic) bond motifs is 2. The summed E-state index contributed by atoms with van der Waals surface area (Å²) >= 11 is 0. The first kappa shape index (κ1) is 22.5. The Balaban J connectivity index is 1.11. The average Bonchev–Trinajstić information content (AvgIpc) is 3.11. The maximum absolute atomic E-state index is 13.2. The van der Waals surface area contributed by atoms with E-state index in [1.165, 1.54) is 17.7 Å². The molecule has 0 spiro atoms. The highest BCUT2D eigenvalue weighted by molar-refractivity contribution is 5.80. The molecule has 2 aromatic carbocycles. The van der Waals surface area contributed by atoms with E-state index in [1.54, 1.807) is 18.2 Å². The number of halogens is 1. The number of piperidine rings is 1. The van der Waals surface area contributed by atoms with Crippen molar-refractivity contribution >= 4 is 11.7 Å². The quantitative estimate of drug-likeness (QED) is 0.552. The van der Waals surface area contributed by atoms with Crippen LogP contribution in [0.4, 0.5) is 10.2 Å². The third-order valence-electron chi connectivity index (χ3n) is 7.16. The van der Waals surface area contributed by atoms with Crippen molar-refractivity contribution in [2.75, 3.05) is 12.3 Å². The molecule has 2 atom stereocenters. The van der Waals surface area contributed by atoms with Crippen LogP contribution in [0.15, 0.2) is 66.7 Å². The minimum atomic E-state index is -0.266. The number of anilines is 1. The second kappa shape index (κ2) is 9.94. The summed E-state index contributed by atoms with van der Waals surface area (Å²) < 4.78 is 13.2. The van der Waals surface area contributed by atoms with Crippen molar-refractivity contribution in [1.82, 2.24) is 15.2 Å². The van der Waals surface area contributed by atoms with Crippen LogP contribution < -0.4 is 11.1 Å². The molecule has 2 bridgehead atoms. The van der Waals surface area contributed by atoms with Gasteiger partial charge in [0.15, 0.2) is 0 Å². The molecule has 6 heteroatoms. The molecule has 0 saturated carbocycles. The van der Waals surface area contributed by atoms with Crippen molar-refractivity contribution in [1.29, 1.82) is 0 Å². The van der Waals surface area contributed by atoms with Crippen LogP contribution in [0.2, 0.25) is 0 Å². The van der Waals surface area contributed by atoms with Crippen molar-refractivity contribution in [2.45, 2.75) is 56.7 Å². The molecule has 2 aliphatic rings. The van der Waals surface area contributed by atoms with E-state index in [1.807, 2.05) is 12.1 Å². The molecule has 0 aliphatic carbocycles. The molecule has 5 rings (SSSR count). The van der Waals surface area contributed by atoms with Gasteiger partial charge in [-0.25, -0.2) is 9.37 Å². The largest absolute Gasteiger partial charge is 0.384 e. The first-order chi connectivity index (χ1) is 16.5. The number of amides is 1. The topological polar surface area (TPSA) is 71.2 Å². The molecule has 176 valence electrons. The predicted octanol–water partition coefficient (Wildman–Crippen LogP) is 4.37. The van der Waals surface area contributed by atoms with Gasteiger partial charge in [0.05, 0.1) is 12.1 Å². The lowest BCUT2D eigenvalue weighted by Crippen LogP contribution is -2.52. The van der Waals surface area contributed by atoms with Crippen molar-refractivity contribution < 1.29 is 9.18 Å². The molecule has 1 amide bonds. The Morgan fingerprint density at radius 3 is 2.32 bits per heavy atom. The number of aromatic nitrogens is 1. The predicted molar refractivity (Wildman–Crippen MR) is 133 cm³/mol. The maximum Gasteiger partial charge on any atom is 0.227 e. The highest BCUT2D eigenvalue weighted by atomic mass is 19.1. The van der Waals surface area contributed by atoms with Crippen LogP contribution in [0.1, 0.15) is 36.8 Å². The average molecular weight is 459 g/mol. The summed E-state index contributed by atoms with van der Waals surface area (Å²) in [5.74, 6) is 0.438. The smallest absolute Gasteiger partial charge is 0.227 e. The van der Waals surface area contributed by atoms with Gasteiger partial charge in [0.2, 0.25) is 5.91 Å². The van der Waals surface area contributed by atoms with Gasteiger partial charge in [-0.15, -0.1) is 0 Å². The monoisotopic (exact) mass is 458 g/mol. The van der Waals surface area contributed by atoms with Crippen LogP contribution in [0.5, 0.6) is 0 Å². The fourth-order valence-corrected chi connectivity index (χ4v) is 5.49. The molecule has 2 aliphatic heterocycles. The van der Waals surface area contributed by atoms with Crippen LogP contribution in [0, 0.1) is 5.82 Å². The van der Waals surface area contributed by atoms with Crippen LogP contribution in [0.3, 0.4) is 0 Å². The van der Waals surface area contributed by atoms with E-state index in [0.717, 1.165) is 55.5 Å². The van der Waals surface area contributed by atoms with Crippen molar-refractivity contribution in [2.24, 2.45) is 0 Å². The lowest BCUT2D eigenvalue weighted by atomic mass is 9.96. The first-order valence-corrected chi connectivity index (χ1v) is 12.2. The number of nitrogens with one attached hydrogen (secondary N) is 1. The van der Waals surface area contributed by atoms with E-state index in [2.05, 4.69) is 39.5 Å². The summed E-state index contributed by atoms with van der Waals surface area (Å²) in [5, 5.41) is 3.73. The van der Waals surface area contributed by atoms with Crippen LogP contribution in [-0.4, -0.2) is 40.5 Å². The summed E-state index contributed by atoms with van der Waals surface area (Å²) in [7, 11) is 0. The SMILES string of the molecule is Nc1cccc(-c2ccc(CCNC3CC4CCC(C3)N4C(=O)Cc3ccc(F)cc3)cc2)n1. The number of hydrogen-bond donors (Lipinski definition) is 2. The Morgan fingerprint density at radius 1 is 0.971 bits per heavy atom. The molecule has 2 saturated heterocycles. The molecule has 3 heterocycles. The Labute approximate surface area is 200 Å². The number of hydrogen-bond acceptors (Lipinski definition) is 4.